The lowest BCUT2D eigenvalue weighted by Crippen LogP contribution is -2.49. The van der Waals surface area contributed by atoms with E-state index in [-0.39, 0.29) is 16.9 Å². The van der Waals surface area contributed by atoms with Crippen molar-refractivity contribution in [3.05, 3.63) is 0 Å². The highest BCUT2D eigenvalue weighted by Gasteiger charge is 2.41. The van der Waals surface area contributed by atoms with Gasteiger partial charge in [-0.25, -0.2) is 4.79 Å². The molecule has 6 heteroatoms. The van der Waals surface area contributed by atoms with Crippen LogP contribution in [0.5, 0.6) is 0 Å². The van der Waals surface area contributed by atoms with Crippen LogP contribution in [-0.4, -0.2) is 52.8 Å². The third-order valence-electron chi connectivity index (χ3n) is 4.19. The minimum Gasteiger partial charge on any atom is -0.453 e. The minimum atomic E-state index is -0.364. The highest BCUT2D eigenvalue weighted by atomic mass is 16.5. The van der Waals surface area contributed by atoms with Gasteiger partial charge in [0.1, 0.15) is 0 Å². The quantitative estimate of drug-likeness (QED) is 0.530. The van der Waals surface area contributed by atoms with Crippen LogP contribution in [0.15, 0.2) is 0 Å². The molecule has 0 heterocycles. The van der Waals surface area contributed by atoms with Crippen LogP contribution in [0, 0.1) is 10.8 Å². The summed E-state index contributed by atoms with van der Waals surface area (Å²) in [6, 6.07) is 0.385. The Morgan fingerprint density at radius 3 is 2.55 bits per heavy atom. The number of amides is 1. The minimum absolute atomic E-state index is 0.0557. The Hall–Kier alpha value is -0.850. The molecule has 130 valence electrons. The van der Waals surface area contributed by atoms with Crippen molar-refractivity contribution in [2.45, 2.75) is 46.1 Å². The number of methoxy groups -OCH3 is 2. The summed E-state index contributed by atoms with van der Waals surface area (Å²) in [6.07, 6.45) is 2.83. The van der Waals surface area contributed by atoms with E-state index < -0.39 is 0 Å². The van der Waals surface area contributed by atoms with E-state index in [0.29, 0.717) is 32.5 Å². The highest BCUT2D eigenvalue weighted by Crippen LogP contribution is 2.45. The van der Waals surface area contributed by atoms with Crippen molar-refractivity contribution in [3.63, 3.8) is 0 Å². The summed E-state index contributed by atoms with van der Waals surface area (Å²) in [6.45, 7) is 9.16. The largest absolute Gasteiger partial charge is 0.453 e. The molecule has 1 rings (SSSR count). The third-order valence-corrected chi connectivity index (χ3v) is 4.19. The molecule has 1 saturated carbocycles. The molecule has 1 aliphatic rings. The summed E-state index contributed by atoms with van der Waals surface area (Å²) in [7, 11) is 3.06. The Bertz CT molecular complexity index is 349. The molecule has 0 spiro atoms. The van der Waals surface area contributed by atoms with E-state index >= 15 is 0 Å². The van der Waals surface area contributed by atoms with Gasteiger partial charge in [0, 0.05) is 19.7 Å². The Kier molecular flexibility index (Phi) is 7.59. The monoisotopic (exact) mass is 316 g/mol. The molecule has 0 aromatic heterocycles. The maximum absolute atomic E-state index is 11.3. The topological polar surface area (TPSA) is 68.8 Å². The molecular formula is C16H32N2O4. The van der Waals surface area contributed by atoms with Gasteiger partial charge in [-0.3, -0.25) is 5.32 Å². The van der Waals surface area contributed by atoms with Gasteiger partial charge >= 0.3 is 6.09 Å². The number of rotatable bonds is 8. The fraction of sp³-hybridized carbons (Fsp3) is 0.938. The second-order valence-electron chi connectivity index (χ2n) is 7.35. The number of carbonyl (C=O) groups excluding carboxylic acids is 1. The summed E-state index contributed by atoms with van der Waals surface area (Å²) >= 11 is 0. The fourth-order valence-corrected chi connectivity index (χ4v) is 3.66. The first-order chi connectivity index (χ1) is 10.3. The van der Waals surface area contributed by atoms with Crippen LogP contribution < -0.4 is 10.6 Å². The van der Waals surface area contributed by atoms with Gasteiger partial charge in [0.25, 0.3) is 0 Å². The van der Waals surface area contributed by atoms with Gasteiger partial charge in [0.15, 0.2) is 0 Å². The lowest BCUT2D eigenvalue weighted by atomic mass is 9.62. The molecule has 1 amide bonds. The van der Waals surface area contributed by atoms with E-state index in [1.54, 1.807) is 7.11 Å². The second-order valence-corrected chi connectivity index (χ2v) is 7.35. The zero-order valence-electron chi connectivity index (χ0n) is 14.7. The Morgan fingerprint density at radius 1 is 1.18 bits per heavy atom. The zero-order valence-corrected chi connectivity index (χ0v) is 14.7. The van der Waals surface area contributed by atoms with Gasteiger partial charge in [-0.2, -0.15) is 0 Å². The molecule has 0 aliphatic heterocycles. The molecule has 0 aromatic rings. The number of alkyl carbamates (subject to hydrolysis) is 1. The van der Waals surface area contributed by atoms with Gasteiger partial charge < -0.3 is 19.5 Å². The van der Waals surface area contributed by atoms with Crippen molar-refractivity contribution in [1.82, 2.24) is 10.6 Å². The summed E-state index contributed by atoms with van der Waals surface area (Å²) < 4.78 is 15.1. The molecular weight excluding hydrogens is 284 g/mol. The van der Waals surface area contributed by atoms with E-state index in [0.717, 1.165) is 19.3 Å². The zero-order chi connectivity index (χ0) is 16.6. The summed E-state index contributed by atoms with van der Waals surface area (Å²) in [4.78, 5) is 11.3. The van der Waals surface area contributed by atoms with Gasteiger partial charge in [-0.15, -0.1) is 0 Å². The van der Waals surface area contributed by atoms with Gasteiger partial charge in [0.2, 0.25) is 0 Å². The molecule has 1 aliphatic carbocycles. The van der Waals surface area contributed by atoms with Gasteiger partial charge in [-0.05, 0) is 30.1 Å². The summed E-state index contributed by atoms with van der Waals surface area (Å²) in [5.41, 5.74) is 0.287. The van der Waals surface area contributed by atoms with Gasteiger partial charge in [0.05, 0.1) is 27.1 Å². The number of hydrogen-bond acceptors (Lipinski definition) is 5. The lowest BCUT2D eigenvalue weighted by molar-refractivity contribution is 0.0276. The van der Waals surface area contributed by atoms with Crippen molar-refractivity contribution in [3.8, 4) is 0 Å². The van der Waals surface area contributed by atoms with Crippen LogP contribution in [0.4, 0.5) is 4.79 Å². The lowest BCUT2D eigenvalue weighted by Gasteiger charge is -2.47. The predicted molar refractivity (Wildman–Crippen MR) is 85.8 cm³/mol. The number of hydrogen-bond donors (Lipinski definition) is 2. The van der Waals surface area contributed by atoms with Crippen LogP contribution in [-0.2, 0) is 14.2 Å². The van der Waals surface area contributed by atoms with E-state index in [1.807, 2.05) is 0 Å². The molecule has 0 aromatic carbocycles. The number of carbonyl (C=O) groups is 1. The second kappa shape index (κ2) is 8.70. The van der Waals surface area contributed by atoms with Crippen molar-refractivity contribution in [2.75, 3.05) is 40.7 Å². The predicted octanol–water partition coefficient (Wildman–Crippen LogP) is 2.14. The molecule has 2 unspecified atom stereocenters. The summed E-state index contributed by atoms with van der Waals surface area (Å²) in [5.74, 6) is 0. The normalized spacial score (nSPS) is 27.4. The summed E-state index contributed by atoms with van der Waals surface area (Å²) in [5, 5.41) is 6.32. The molecule has 6 nitrogen and oxygen atoms in total. The van der Waals surface area contributed by atoms with Gasteiger partial charge in [-0.1, -0.05) is 20.8 Å². The van der Waals surface area contributed by atoms with Crippen molar-refractivity contribution in [1.29, 1.82) is 0 Å². The standard InChI is InChI=1S/C16H32N2O4/c1-15(2)8-13(18-12-22-7-6-20-4)9-16(3,10-15)11-17-14(19)21-5/h13,18H,6-12H2,1-5H3,(H,17,19). The van der Waals surface area contributed by atoms with Crippen molar-refractivity contribution < 1.29 is 19.0 Å². The maximum Gasteiger partial charge on any atom is 0.406 e. The maximum atomic E-state index is 11.3. The van der Waals surface area contributed by atoms with Crippen molar-refractivity contribution in [2.24, 2.45) is 10.8 Å². The molecule has 0 bridgehead atoms. The molecule has 2 atom stereocenters. The average Bonchev–Trinajstić information content (AvgIpc) is 2.42. The number of nitrogens with one attached hydrogen (secondary N) is 2. The van der Waals surface area contributed by atoms with Crippen LogP contribution in [0.1, 0.15) is 40.0 Å². The molecule has 22 heavy (non-hydrogen) atoms. The molecule has 2 N–H and O–H groups in total. The number of ether oxygens (including phenoxy) is 3. The molecule has 1 fully saturated rings. The van der Waals surface area contributed by atoms with Crippen LogP contribution in [0.3, 0.4) is 0 Å². The third kappa shape index (κ3) is 6.94. The fourth-order valence-electron chi connectivity index (χ4n) is 3.66. The average molecular weight is 316 g/mol. The Balaban J connectivity index is 2.48. The molecule has 0 saturated heterocycles. The van der Waals surface area contributed by atoms with E-state index in [1.165, 1.54) is 7.11 Å². The first kappa shape index (κ1) is 19.2. The van der Waals surface area contributed by atoms with Crippen molar-refractivity contribution >= 4 is 6.09 Å². The smallest absolute Gasteiger partial charge is 0.406 e. The Morgan fingerprint density at radius 2 is 1.91 bits per heavy atom. The first-order valence-electron chi connectivity index (χ1n) is 7.92. The Labute approximate surface area is 134 Å². The van der Waals surface area contributed by atoms with E-state index in [9.17, 15) is 4.79 Å². The van der Waals surface area contributed by atoms with Crippen LogP contribution >= 0.6 is 0 Å². The van der Waals surface area contributed by atoms with Crippen LogP contribution in [0.25, 0.3) is 0 Å². The SMILES string of the molecule is COCCOCNC1CC(C)(C)CC(C)(CNC(=O)OC)C1. The van der Waals surface area contributed by atoms with E-state index in [4.69, 9.17) is 9.47 Å². The molecule has 0 radical (unpaired) electrons. The highest BCUT2D eigenvalue weighted by molar-refractivity contribution is 5.66. The van der Waals surface area contributed by atoms with Crippen LogP contribution in [0.2, 0.25) is 0 Å². The first-order valence-corrected chi connectivity index (χ1v) is 7.92. The van der Waals surface area contributed by atoms with E-state index in [2.05, 4.69) is 36.1 Å².